The standard InChI is InChI=1S/C19H22BrN3O4S/c1-3-23(4-2)28(26,27)17-7-5-6-14(12-17)19(25)21-13-18(24)22-16-10-8-15(20)9-11-16/h5-12H,3-4,13H2,1-2H3,(H,21,25)(H,22,24). The number of benzene rings is 2. The van der Waals surface area contributed by atoms with E-state index in [0.29, 0.717) is 18.8 Å². The van der Waals surface area contributed by atoms with Crippen LogP contribution in [0.1, 0.15) is 24.2 Å². The molecule has 2 N–H and O–H groups in total. The third kappa shape index (κ3) is 5.63. The smallest absolute Gasteiger partial charge is 0.251 e. The molecule has 0 fully saturated rings. The molecule has 0 aliphatic heterocycles. The number of nitrogens with one attached hydrogen (secondary N) is 2. The Balaban J connectivity index is 2.02. The highest BCUT2D eigenvalue weighted by Gasteiger charge is 2.22. The zero-order valence-electron chi connectivity index (χ0n) is 15.6. The van der Waals surface area contributed by atoms with Crippen LogP contribution in [0, 0.1) is 0 Å². The quantitative estimate of drug-likeness (QED) is 0.623. The van der Waals surface area contributed by atoms with Gasteiger partial charge in [0, 0.05) is 28.8 Å². The van der Waals surface area contributed by atoms with Gasteiger partial charge in [0.1, 0.15) is 0 Å². The summed E-state index contributed by atoms with van der Waals surface area (Å²) >= 11 is 3.31. The molecule has 0 bridgehead atoms. The molecular formula is C19H22BrN3O4S. The summed E-state index contributed by atoms with van der Waals surface area (Å²) in [6.45, 7) is 3.95. The maximum absolute atomic E-state index is 12.6. The van der Waals surface area contributed by atoms with Crippen LogP contribution in [0.5, 0.6) is 0 Å². The number of hydrogen-bond donors (Lipinski definition) is 2. The fourth-order valence-electron chi connectivity index (χ4n) is 2.51. The number of anilines is 1. The number of carbonyl (C=O) groups is 2. The van der Waals surface area contributed by atoms with Crippen LogP contribution in [0.2, 0.25) is 0 Å². The zero-order valence-corrected chi connectivity index (χ0v) is 18.0. The van der Waals surface area contributed by atoms with Crippen LogP contribution in [0.3, 0.4) is 0 Å². The maximum atomic E-state index is 12.6. The van der Waals surface area contributed by atoms with E-state index in [9.17, 15) is 18.0 Å². The number of hydrogen-bond acceptors (Lipinski definition) is 4. The molecule has 2 rings (SSSR count). The summed E-state index contributed by atoms with van der Waals surface area (Å²) in [5, 5.41) is 5.16. The van der Waals surface area contributed by atoms with E-state index in [1.807, 2.05) is 0 Å². The summed E-state index contributed by atoms with van der Waals surface area (Å²) in [6, 6.07) is 12.8. The van der Waals surface area contributed by atoms with Crippen molar-refractivity contribution in [1.82, 2.24) is 9.62 Å². The van der Waals surface area contributed by atoms with Crippen molar-refractivity contribution in [3.05, 3.63) is 58.6 Å². The highest BCUT2D eigenvalue weighted by molar-refractivity contribution is 9.10. The molecule has 2 aromatic rings. The molecule has 7 nitrogen and oxygen atoms in total. The van der Waals surface area contributed by atoms with Gasteiger partial charge in [-0.3, -0.25) is 9.59 Å². The molecule has 0 heterocycles. The summed E-state index contributed by atoms with van der Waals surface area (Å²) < 4.78 is 27.4. The lowest BCUT2D eigenvalue weighted by Crippen LogP contribution is -2.33. The normalized spacial score (nSPS) is 11.3. The van der Waals surface area contributed by atoms with Crippen LogP contribution in [0.4, 0.5) is 5.69 Å². The zero-order chi connectivity index (χ0) is 20.7. The van der Waals surface area contributed by atoms with Gasteiger partial charge in [0.15, 0.2) is 0 Å². The average Bonchev–Trinajstić information content (AvgIpc) is 2.68. The number of halogens is 1. The van der Waals surface area contributed by atoms with Crippen molar-refractivity contribution in [2.75, 3.05) is 25.0 Å². The molecule has 2 aromatic carbocycles. The predicted molar refractivity (Wildman–Crippen MR) is 112 cm³/mol. The lowest BCUT2D eigenvalue weighted by molar-refractivity contribution is -0.115. The van der Waals surface area contributed by atoms with Crippen molar-refractivity contribution >= 4 is 43.5 Å². The summed E-state index contributed by atoms with van der Waals surface area (Å²) in [6.07, 6.45) is 0. The second-order valence-corrected chi connectivity index (χ2v) is 8.71. The Bertz CT molecular complexity index is 942. The van der Waals surface area contributed by atoms with Gasteiger partial charge in [-0.2, -0.15) is 4.31 Å². The Labute approximate surface area is 173 Å². The fourth-order valence-corrected chi connectivity index (χ4v) is 4.28. The molecule has 0 saturated carbocycles. The van der Waals surface area contributed by atoms with E-state index in [1.54, 1.807) is 38.1 Å². The minimum absolute atomic E-state index is 0.0446. The van der Waals surface area contributed by atoms with Crippen molar-refractivity contribution in [3.8, 4) is 0 Å². The number of nitrogens with zero attached hydrogens (tertiary/aromatic N) is 1. The first kappa shape index (κ1) is 22.1. The Hall–Kier alpha value is -2.23. The average molecular weight is 468 g/mol. The van der Waals surface area contributed by atoms with Crippen molar-refractivity contribution in [1.29, 1.82) is 0 Å². The minimum Gasteiger partial charge on any atom is -0.343 e. The Morgan fingerprint density at radius 3 is 2.29 bits per heavy atom. The van der Waals surface area contributed by atoms with Crippen LogP contribution < -0.4 is 10.6 Å². The fraction of sp³-hybridized carbons (Fsp3) is 0.263. The molecule has 0 radical (unpaired) electrons. The molecular weight excluding hydrogens is 446 g/mol. The highest BCUT2D eigenvalue weighted by Crippen LogP contribution is 2.17. The van der Waals surface area contributed by atoms with E-state index in [4.69, 9.17) is 0 Å². The monoisotopic (exact) mass is 467 g/mol. The lowest BCUT2D eigenvalue weighted by atomic mass is 10.2. The maximum Gasteiger partial charge on any atom is 0.251 e. The van der Waals surface area contributed by atoms with Gasteiger partial charge in [-0.1, -0.05) is 35.8 Å². The van der Waals surface area contributed by atoms with Crippen molar-refractivity contribution in [2.45, 2.75) is 18.7 Å². The molecule has 0 aromatic heterocycles. The van der Waals surface area contributed by atoms with Gasteiger partial charge in [-0.05, 0) is 42.5 Å². The van der Waals surface area contributed by atoms with Gasteiger partial charge in [-0.25, -0.2) is 8.42 Å². The highest BCUT2D eigenvalue weighted by atomic mass is 79.9. The molecule has 0 unspecified atom stereocenters. The van der Waals surface area contributed by atoms with Gasteiger partial charge < -0.3 is 10.6 Å². The molecule has 2 amide bonds. The molecule has 0 atom stereocenters. The molecule has 0 aliphatic rings. The van der Waals surface area contributed by atoms with Crippen LogP contribution >= 0.6 is 15.9 Å². The van der Waals surface area contributed by atoms with Gasteiger partial charge in [0.2, 0.25) is 15.9 Å². The minimum atomic E-state index is -3.66. The molecule has 9 heteroatoms. The van der Waals surface area contributed by atoms with E-state index >= 15 is 0 Å². The van der Waals surface area contributed by atoms with Crippen LogP contribution in [0.25, 0.3) is 0 Å². The molecule has 0 aliphatic carbocycles. The number of carbonyl (C=O) groups excluding carboxylic acids is 2. The van der Waals surface area contributed by atoms with Crippen LogP contribution in [0.15, 0.2) is 57.9 Å². The van der Waals surface area contributed by atoms with Gasteiger partial charge in [0.25, 0.3) is 5.91 Å². The number of sulfonamides is 1. The molecule has 150 valence electrons. The van der Waals surface area contributed by atoms with E-state index in [1.165, 1.54) is 28.6 Å². The van der Waals surface area contributed by atoms with E-state index in [2.05, 4.69) is 26.6 Å². The Morgan fingerprint density at radius 1 is 1.04 bits per heavy atom. The van der Waals surface area contributed by atoms with Crippen LogP contribution in [-0.4, -0.2) is 44.2 Å². The second kappa shape index (κ2) is 9.81. The number of rotatable bonds is 8. The first-order valence-corrected chi connectivity index (χ1v) is 10.9. The Kier molecular flexibility index (Phi) is 7.73. The first-order chi connectivity index (χ1) is 13.3. The van der Waals surface area contributed by atoms with Gasteiger partial charge in [0.05, 0.1) is 11.4 Å². The first-order valence-electron chi connectivity index (χ1n) is 8.71. The van der Waals surface area contributed by atoms with Gasteiger partial charge in [-0.15, -0.1) is 0 Å². The van der Waals surface area contributed by atoms with Crippen molar-refractivity contribution in [2.24, 2.45) is 0 Å². The predicted octanol–water partition coefficient (Wildman–Crippen LogP) is 2.85. The number of amides is 2. The Morgan fingerprint density at radius 2 is 1.68 bits per heavy atom. The second-order valence-electron chi connectivity index (χ2n) is 5.85. The van der Waals surface area contributed by atoms with E-state index < -0.39 is 15.9 Å². The van der Waals surface area contributed by atoms with Crippen LogP contribution in [-0.2, 0) is 14.8 Å². The summed E-state index contributed by atoms with van der Waals surface area (Å²) in [7, 11) is -3.66. The third-order valence-corrected chi connectivity index (χ3v) is 6.55. The molecule has 0 spiro atoms. The SMILES string of the molecule is CCN(CC)S(=O)(=O)c1cccc(C(=O)NCC(=O)Nc2ccc(Br)cc2)c1. The molecule has 0 saturated heterocycles. The summed E-state index contributed by atoms with van der Waals surface area (Å²) in [4.78, 5) is 24.4. The van der Waals surface area contributed by atoms with E-state index in [0.717, 1.165) is 4.47 Å². The summed E-state index contributed by atoms with van der Waals surface area (Å²) in [5.41, 5.74) is 0.777. The van der Waals surface area contributed by atoms with Gasteiger partial charge >= 0.3 is 0 Å². The summed E-state index contributed by atoms with van der Waals surface area (Å²) in [5.74, 6) is -0.912. The van der Waals surface area contributed by atoms with E-state index in [-0.39, 0.29) is 22.9 Å². The lowest BCUT2D eigenvalue weighted by Gasteiger charge is -2.18. The van der Waals surface area contributed by atoms with Crippen molar-refractivity contribution in [3.63, 3.8) is 0 Å². The third-order valence-electron chi connectivity index (χ3n) is 3.98. The van der Waals surface area contributed by atoms with Crippen molar-refractivity contribution < 1.29 is 18.0 Å². The topological polar surface area (TPSA) is 95.6 Å². The largest absolute Gasteiger partial charge is 0.343 e. The molecule has 28 heavy (non-hydrogen) atoms.